The first kappa shape index (κ1) is 14.8. The zero-order valence-corrected chi connectivity index (χ0v) is 10.8. The van der Waals surface area contributed by atoms with E-state index in [0.717, 1.165) is 18.4 Å². The molecular formula is C15H17NO3. The number of carboxylic acid groups (broad SMARTS) is 1. The van der Waals surface area contributed by atoms with Crippen molar-refractivity contribution in [2.75, 3.05) is 0 Å². The Balaban J connectivity index is 2.58. The van der Waals surface area contributed by atoms with E-state index in [1.54, 1.807) is 12.1 Å². The van der Waals surface area contributed by atoms with E-state index in [0.29, 0.717) is 6.42 Å². The van der Waals surface area contributed by atoms with Gasteiger partial charge in [-0.15, -0.1) is 0 Å². The number of carboxylic acids is 1. The molecule has 1 amide bonds. The Hall–Kier alpha value is -2.28. The normalized spacial score (nSPS) is 11.0. The van der Waals surface area contributed by atoms with Gasteiger partial charge in [-0.05, 0) is 18.6 Å². The molecule has 1 aromatic carbocycles. The van der Waals surface area contributed by atoms with Crippen LogP contribution >= 0.6 is 0 Å². The number of hydrogen-bond acceptors (Lipinski definition) is 2. The van der Waals surface area contributed by atoms with E-state index in [9.17, 15) is 9.59 Å². The lowest BCUT2D eigenvalue weighted by Gasteiger charge is -2.11. The predicted molar refractivity (Wildman–Crippen MR) is 72.4 cm³/mol. The van der Waals surface area contributed by atoms with Crippen LogP contribution in [0.3, 0.4) is 0 Å². The van der Waals surface area contributed by atoms with E-state index < -0.39 is 17.9 Å². The fourth-order valence-electron chi connectivity index (χ4n) is 1.51. The number of benzene rings is 1. The Kier molecular flexibility index (Phi) is 6.17. The summed E-state index contributed by atoms with van der Waals surface area (Å²) in [4.78, 5) is 22.5. The average molecular weight is 259 g/mol. The molecule has 0 heterocycles. The maximum atomic E-state index is 11.5. The van der Waals surface area contributed by atoms with Crippen LogP contribution in [0, 0.1) is 11.8 Å². The minimum absolute atomic E-state index is 0.421. The highest BCUT2D eigenvalue weighted by molar-refractivity contribution is 5.96. The summed E-state index contributed by atoms with van der Waals surface area (Å²) in [5.74, 6) is 3.50. The molecule has 1 unspecified atom stereocenters. The minimum Gasteiger partial charge on any atom is -0.480 e. The molecule has 4 nitrogen and oxygen atoms in total. The van der Waals surface area contributed by atoms with Crippen molar-refractivity contribution in [3.8, 4) is 11.8 Å². The summed E-state index contributed by atoms with van der Waals surface area (Å²) in [6, 6.07) is 8.21. The molecule has 0 aliphatic heterocycles. The summed E-state index contributed by atoms with van der Waals surface area (Å²) >= 11 is 0. The molecule has 0 saturated carbocycles. The SMILES string of the molecule is CCCCC(NC(=O)C#Cc1ccccc1)C(=O)O. The number of rotatable bonds is 5. The average Bonchev–Trinajstić information content (AvgIpc) is 2.42. The highest BCUT2D eigenvalue weighted by atomic mass is 16.4. The molecule has 0 radical (unpaired) electrons. The van der Waals surface area contributed by atoms with Gasteiger partial charge in [0.1, 0.15) is 6.04 Å². The van der Waals surface area contributed by atoms with Crippen LogP contribution in [-0.2, 0) is 9.59 Å². The molecule has 100 valence electrons. The molecule has 0 saturated heterocycles. The van der Waals surface area contributed by atoms with Gasteiger partial charge in [-0.3, -0.25) is 4.79 Å². The molecule has 0 aromatic heterocycles. The third kappa shape index (κ3) is 5.73. The summed E-state index contributed by atoms with van der Waals surface area (Å²) in [6.45, 7) is 1.97. The molecule has 1 rings (SSSR count). The molecule has 0 aliphatic rings. The van der Waals surface area contributed by atoms with Crippen LogP contribution in [0.25, 0.3) is 0 Å². The molecule has 0 bridgehead atoms. The van der Waals surface area contributed by atoms with Crippen LogP contribution in [0.4, 0.5) is 0 Å². The van der Waals surface area contributed by atoms with Gasteiger partial charge >= 0.3 is 5.97 Å². The van der Waals surface area contributed by atoms with Gasteiger partial charge in [0, 0.05) is 11.5 Å². The van der Waals surface area contributed by atoms with Crippen LogP contribution in [-0.4, -0.2) is 23.0 Å². The van der Waals surface area contributed by atoms with Gasteiger partial charge in [0.05, 0.1) is 0 Å². The summed E-state index contributed by atoms with van der Waals surface area (Å²) in [6.07, 6.45) is 2.06. The fraction of sp³-hybridized carbons (Fsp3) is 0.333. The highest BCUT2D eigenvalue weighted by Crippen LogP contribution is 2.00. The monoisotopic (exact) mass is 259 g/mol. The van der Waals surface area contributed by atoms with Gasteiger partial charge in [-0.2, -0.15) is 0 Å². The summed E-state index contributed by atoms with van der Waals surface area (Å²) in [5, 5.41) is 11.4. The molecule has 0 fully saturated rings. The molecule has 0 spiro atoms. The lowest BCUT2D eigenvalue weighted by atomic mass is 10.1. The first-order valence-corrected chi connectivity index (χ1v) is 6.24. The van der Waals surface area contributed by atoms with Crippen LogP contribution in [0.1, 0.15) is 31.7 Å². The van der Waals surface area contributed by atoms with E-state index >= 15 is 0 Å². The quantitative estimate of drug-likeness (QED) is 0.792. The van der Waals surface area contributed by atoms with Crippen LogP contribution in [0.5, 0.6) is 0 Å². The molecule has 0 aliphatic carbocycles. The lowest BCUT2D eigenvalue weighted by Crippen LogP contribution is -2.40. The number of carbonyl (C=O) groups excluding carboxylic acids is 1. The van der Waals surface area contributed by atoms with E-state index in [1.807, 2.05) is 25.1 Å². The second kappa shape index (κ2) is 7.93. The molecule has 1 atom stereocenters. The number of unbranched alkanes of at least 4 members (excludes halogenated alkanes) is 1. The van der Waals surface area contributed by atoms with Crippen LogP contribution in [0.2, 0.25) is 0 Å². The van der Waals surface area contributed by atoms with Crippen molar-refractivity contribution >= 4 is 11.9 Å². The Morgan fingerprint density at radius 2 is 2.00 bits per heavy atom. The van der Waals surface area contributed by atoms with Crippen molar-refractivity contribution in [2.45, 2.75) is 32.2 Å². The topological polar surface area (TPSA) is 66.4 Å². The van der Waals surface area contributed by atoms with Gasteiger partial charge < -0.3 is 10.4 Å². The second-order valence-corrected chi connectivity index (χ2v) is 4.12. The summed E-state index contributed by atoms with van der Waals surface area (Å²) in [7, 11) is 0. The van der Waals surface area contributed by atoms with E-state index in [4.69, 9.17) is 5.11 Å². The van der Waals surface area contributed by atoms with Crippen molar-refractivity contribution in [1.29, 1.82) is 0 Å². The summed E-state index contributed by atoms with van der Waals surface area (Å²) in [5.41, 5.74) is 0.720. The molecule has 2 N–H and O–H groups in total. The molecule has 4 heteroatoms. The van der Waals surface area contributed by atoms with Crippen LogP contribution in [0.15, 0.2) is 30.3 Å². The third-order valence-electron chi connectivity index (χ3n) is 2.54. The van der Waals surface area contributed by atoms with Crippen molar-refractivity contribution in [3.05, 3.63) is 35.9 Å². The van der Waals surface area contributed by atoms with E-state index in [2.05, 4.69) is 17.2 Å². The highest BCUT2D eigenvalue weighted by Gasteiger charge is 2.17. The molecule has 19 heavy (non-hydrogen) atoms. The first-order chi connectivity index (χ1) is 9.13. The number of amides is 1. The summed E-state index contributed by atoms with van der Waals surface area (Å²) < 4.78 is 0. The maximum absolute atomic E-state index is 11.5. The Bertz CT molecular complexity index is 485. The lowest BCUT2D eigenvalue weighted by molar-refractivity contribution is -0.141. The number of carbonyl (C=O) groups is 2. The zero-order chi connectivity index (χ0) is 14.1. The predicted octanol–water partition coefficient (Wildman–Crippen LogP) is 1.80. The van der Waals surface area contributed by atoms with Gasteiger partial charge in [0.15, 0.2) is 0 Å². The standard InChI is InChI=1S/C15H17NO3/c1-2-3-9-13(15(18)19)16-14(17)11-10-12-7-5-4-6-8-12/h4-8,13H,2-3,9H2,1H3,(H,16,17)(H,18,19). The number of aliphatic carboxylic acids is 1. The largest absolute Gasteiger partial charge is 0.480 e. The molecular weight excluding hydrogens is 242 g/mol. The number of hydrogen-bond donors (Lipinski definition) is 2. The first-order valence-electron chi connectivity index (χ1n) is 6.24. The van der Waals surface area contributed by atoms with Gasteiger partial charge in [0.2, 0.25) is 0 Å². The third-order valence-corrected chi connectivity index (χ3v) is 2.54. The van der Waals surface area contributed by atoms with Gasteiger partial charge in [-0.25, -0.2) is 4.79 Å². The van der Waals surface area contributed by atoms with Crippen molar-refractivity contribution in [1.82, 2.24) is 5.32 Å². The molecule has 1 aromatic rings. The van der Waals surface area contributed by atoms with Crippen molar-refractivity contribution in [3.63, 3.8) is 0 Å². The number of nitrogens with one attached hydrogen (secondary N) is 1. The Morgan fingerprint density at radius 1 is 1.32 bits per heavy atom. The van der Waals surface area contributed by atoms with Gasteiger partial charge in [0.25, 0.3) is 5.91 Å². The van der Waals surface area contributed by atoms with E-state index in [-0.39, 0.29) is 0 Å². The minimum atomic E-state index is -1.02. The fourth-order valence-corrected chi connectivity index (χ4v) is 1.51. The van der Waals surface area contributed by atoms with Gasteiger partial charge in [-0.1, -0.05) is 43.9 Å². The smallest absolute Gasteiger partial charge is 0.326 e. The Labute approximate surface area is 112 Å². The zero-order valence-electron chi connectivity index (χ0n) is 10.8. The van der Waals surface area contributed by atoms with E-state index in [1.165, 1.54) is 0 Å². The maximum Gasteiger partial charge on any atom is 0.326 e. The van der Waals surface area contributed by atoms with Crippen molar-refractivity contribution < 1.29 is 14.7 Å². The van der Waals surface area contributed by atoms with Crippen molar-refractivity contribution in [2.24, 2.45) is 0 Å². The van der Waals surface area contributed by atoms with Crippen LogP contribution < -0.4 is 5.32 Å². The Morgan fingerprint density at radius 3 is 2.58 bits per heavy atom. The second-order valence-electron chi connectivity index (χ2n) is 4.12.